The highest BCUT2D eigenvalue weighted by molar-refractivity contribution is 5.93. The van der Waals surface area contributed by atoms with Crippen LogP contribution in [0, 0.1) is 0 Å². The predicted molar refractivity (Wildman–Crippen MR) is 99.7 cm³/mol. The van der Waals surface area contributed by atoms with Gasteiger partial charge in [-0.15, -0.1) is 0 Å². The Labute approximate surface area is 152 Å². The molecule has 1 fully saturated rings. The monoisotopic (exact) mass is 347 g/mol. The third kappa shape index (κ3) is 3.26. The van der Waals surface area contributed by atoms with Crippen LogP contribution in [0.3, 0.4) is 0 Å². The van der Waals surface area contributed by atoms with Gasteiger partial charge in [-0.25, -0.2) is 0 Å². The highest BCUT2D eigenvalue weighted by atomic mass is 16.5. The van der Waals surface area contributed by atoms with Gasteiger partial charge in [0.1, 0.15) is 11.8 Å². The van der Waals surface area contributed by atoms with Gasteiger partial charge in [0.2, 0.25) is 0 Å². The Morgan fingerprint density at radius 2 is 1.77 bits per heavy atom. The van der Waals surface area contributed by atoms with Crippen molar-refractivity contribution in [3.63, 3.8) is 0 Å². The number of amides is 1. The Balaban J connectivity index is 1.55. The second kappa shape index (κ2) is 7.14. The molecule has 5 nitrogen and oxygen atoms in total. The minimum Gasteiger partial charge on any atom is -0.370 e. The first-order chi connectivity index (χ1) is 12.7. The zero-order valence-corrected chi connectivity index (χ0v) is 14.7. The van der Waals surface area contributed by atoms with E-state index < -0.39 is 0 Å². The molecule has 0 saturated carbocycles. The maximum atomic E-state index is 13.1. The van der Waals surface area contributed by atoms with E-state index in [9.17, 15) is 4.79 Å². The highest BCUT2D eigenvalue weighted by Gasteiger charge is 2.28. The number of hydrogen-bond donors (Lipinski definition) is 0. The van der Waals surface area contributed by atoms with E-state index in [0.29, 0.717) is 25.4 Å². The van der Waals surface area contributed by atoms with Crippen LogP contribution in [0.4, 0.5) is 0 Å². The van der Waals surface area contributed by atoms with Crippen molar-refractivity contribution in [2.75, 3.05) is 19.7 Å². The van der Waals surface area contributed by atoms with Gasteiger partial charge in [0.15, 0.2) is 0 Å². The van der Waals surface area contributed by atoms with Crippen molar-refractivity contribution < 1.29 is 9.53 Å². The first-order valence-corrected chi connectivity index (χ1v) is 8.77. The molecule has 0 N–H and O–H groups in total. The van der Waals surface area contributed by atoms with Crippen LogP contribution < -0.4 is 0 Å². The Morgan fingerprint density at radius 1 is 1.08 bits per heavy atom. The van der Waals surface area contributed by atoms with E-state index in [1.165, 1.54) is 0 Å². The van der Waals surface area contributed by atoms with Gasteiger partial charge in [0.05, 0.1) is 18.8 Å². The quantitative estimate of drug-likeness (QED) is 0.730. The minimum atomic E-state index is -0.0873. The van der Waals surface area contributed by atoms with E-state index in [1.807, 2.05) is 78.7 Å². The molecule has 2 aromatic carbocycles. The maximum absolute atomic E-state index is 13.1. The number of aromatic nitrogens is 2. The first kappa shape index (κ1) is 16.5. The van der Waals surface area contributed by atoms with E-state index in [2.05, 4.69) is 5.10 Å². The van der Waals surface area contributed by atoms with Gasteiger partial charge in [-0.3, -0.25) is 9.48 Å². The summed E-state index contributed by atoms with van der Waals surface area (Å²) in [6.45, 7) is 1.68. The molecule has 4 rings (SSSR count). The summed E-state index contributed by atoms with van der Waals surface area (Å²) >= 11 is 0. The molecule has 1 aliphatic rings. The van der Waals surface area contributed by atoms with Crippen molar-refractivity contribution in [2.24, 2.45) is 7.05 Å². The fourth-order valence-corrected chi connectivity index (χ4v) is 3.28. The third-order valence-electron chi connectivity index (χ3n) is 4.69. The molecule has 0 radical (unpaired) electrons. The number of aryl methyl sites for hydroxylation is 1. The van der Waals surface area contributed by atoms with Gasteiger partial charge in [0, 0.05) is 19.2 Å². The second-order valence-corrected chi connectivity index (χ2v) is 6.43. The van der Waals surface area contributed by atoms with Crippen LogP contribution in [0.1, 0.15) is 22.2 Å². The molecule has 0 bridgehead atoms. The lowest BCUT2D eigenvalue weighted by atomic mass is 10.1. The molecule has 0 aliphatic carbocycles. The zero-order valence-electron chi connectivity index (χ0n) is 14.7. The minimum absolute atomic E-state index is 0.00795. The Bertz CT molecular complexity index is 890. The van der Waals surface area contributed by atoms with E-state index in [4.69, 9.17) is 4.74 Å². The Hall–Kier alpha value is -2.92. The van der Waals surface area contributed by atoms with E-state index in [1.54, 1.807) is 4.68 Å². The molecule has 1 saturated heterocycles. The van der Waals surface area contributed by atoms with Crippen molar-refractivity contribution in [1.29, 1.82) is 0 Å². The van der Waals surface area contributed by atoms with Crippen molar-refractivity contribution in [3.05, 3.63) is 78.0 Å². The lowest BCUT2D eigenvalue weighted by Gasteiger charge is -2.33. The highest BCUT2D eigenvalue weighted by Crippen LogP contribution is 2.24. The number of benzene rings is 2. The molecule has 2 heterocycles. The molecular weight excluding hydrogens is 326 g/mol. The van der Waals surface area contributed by atoms with Crippen LogP contribution in [0.15, 0.2) is 66.7 Å². The van der Waals surface area contributed by atoms with Crippen LogP contribution in [-0.4, -0.2) is 40.3 Å². The van der Waals surface area contributed by atoms with Gasteiger partial charge >= 0.3 is 0 Å². The fourth-order valence-electron chi connectivity index (χ4n) is 3.28. The predicted octanol–water partition coefficient (Wildman–Crippen LogP) is 3.30. The van der Waals surface area contributed by atoms with Crippen LogP contribution in [0.25, 0.3) is 11.3 Å². The summed E-state index contributed by atoms with van der Waals surface area (Å²) in [5, 5.41) is 4.51. The Morgan fingerprint density at radius 3 is 2.50 bits per heavy atom. The lowest BCUT2D eigenvalue weighted by Crippen LogP contribution is -2.42. The summed E-state index contributed by atoms with van der Waals surface area (Å²) < 4.78 is 7.53. The smallest absolute Gasteiger partial charge is 0.272 e. The molecule has 1 amide bonds. The van der Waals surface area contributed by atoms with Crippen LogP contribution in [-0.2, 0) is 11.8 Å². The van der Waals surface area contributed by atoms with Crippen LogP contribution in [0.2, 0.25) is 0 Å². The molecular formula is C21H21N3O2. The molecule has 132 valence electrons. The molecule has 26 heavy (non-hydrogen) atoms. The number of ether oxygens (including phenoxy) is 1. The van der Waals surface area contributed by atoms with Gasteiger partial charge in [-0.1, -0.05) is 60.7 Å². The van der Waals surface area contributed by atoms with Crippen molar-refractivity contribution in [3.8, 4) is 11.3 Å². The zero-order chi connectivity index (χ0) is 17.9. The largest absolute Gasteiger partial charge is 0.370 e. The van der Waals surface area contributed by atoms with Crippen LogP contribution >= 0.6 is 0 Å². The number of hydrogen-bond acceptors (Lipinski definition) is 3. The molecule has 0 unspecified atom stereocenters. The number of nitrogens with zero attached hydrogens (tertiary/aromatic N) is 3. The number of morpholine rings is 1. The number of carbonyl (C=O) groups is 1. The maximum Gasteiger partial charge on any atom is 0.272 e. The SMILES string of the molecule is Cn1nc(-c2ccccc2)cc1C(=O)N1CCO[C@H](c2ccccc2)C1. The second-order valence-electron chi connectivity index (χ2n) is 6.43. The summed E-state index contributed by atoms with van der Waals surface area (Å²) in [6.07, 6.45) is -0.0873. The standard InChI is InChI=1S/C21H21N3O2/c1-23-19(14-18(22-23)16-8-4-2-5-9-16)21(25)24-12-13-26-20(15-24)17-10-6-3-7-11-17/h2-11,14,20H,12-13,15H2,1H3/t20-/m0/s1. The van der Waals surface area contributed by atoms with Gasteiger partial charge in [-0.05, 0) is 11.6 Å². The summed E-state index contributed by atoms with van der Waals surface area (Å²) in [7, 11) is 1.81. The summed E-state index contributed by atoms with van der Waals surface area (Å²) in [5.41, 5.74) is 3.51. The molecule has 1 atom stereocenters. The van der Waals surface area contributed by atoms with E-state index in [-0.39, 0.29) is 12.0 Å². The summed E-state index contributed by atoms with van der Waals surface area (Å²) in [5.74, 6) is -0.00795. The third-order valence-corrected chi connectivity index (χ3v) is 4.69. The van der Waals surface area contributed by atoms with Crippen molar-refractivity contribution in [1.82, 2.24) is 14.7 Å². The van der Waals surface area contributed by atoms with Crippen molar-refractivity contribution >= 4 is 5.91 Å². The van der Waals surface area contributed by atoms with E-state index >= 15 is 0 Å². The van der Waals surface area contributed by atoms with Gasteiger partial charge in [0.25, 0.3) is 5.91 Å². The average Bonchev–Trinajstić information content (AvgIpc) is 3.10. The van der Waals surface area contributed by atoms with Crippen molar-refractivity contribution in [2.45, 2.75) is 6.10 Å². The van der Waals surface area contributed by atoms with Gasteiger partial charge < -0.3 is 9.64 Å². The average molecular weight is 347 g/mol. The Kier molecular flexibility index (Phi) is 4.54. The fraction of sp³-hybridized carbons (Fsp3) is 0.238. The van der Waals surface area contributed by atoms with E-state index in [0.717, 1.165) is 16.8 Å². The summed E-state index contributed by atoms with van der Waals surface area (Å²) in [4.78, 5) is 14.9. The molecule has 5 heteroatoms. The lowest BCUT2D eigenvalue weighted by molar-refractivity contribution is -0.0231. The number of carbonyl (C=O) groups excluding carboxylic acids is 1. The first-order valence-electron chi connectivity index (χ1n) is 8.77. The topological polar surface area (TPSA) is 47.4 Å². The number of rotatable bonds is 3. The van der Waals surface area contributed by atoms with Gasteiger partial charge in [-0.2, -0.15) is 5.10 Å². The molecule has 0 spiro atoms. The van der Waals surface area contributed by atoms with Crippen LogP contribution in [0.5, 0.6) is 0 Å². The molecule has 1 aliphatic heterocycles. The molecule has 1 aromatic heterocycles. The summed E-state index contributed by atoms with van der Waals surface area (Å²) in [6, 6.07) is 21.8. The normalized spacial score (nSPS) is 17.3. The molecule has 3 aromatic rings.